The summed E-state index contributed by atoms with van der Waals surface area (Å²) in [5.41, 5.74) is 1.19. The van der Waals surface area contributed by atoms with Crippen molar-refractivity contribution in [2.24, 2.45) is 0 Å². The predicted molar refractivity (Wildman–Crippen MR) is 73.0 cm³/mol. The zero-order valence-corrected chi connectivity index (χ0v) is 11.7. The molecule has 3 atom stereocenters. The summed E-state index contributed by atoms with van der Waals surface area (Å²) in [5, 5.41) is 0. The van der Waals surface area contributed by atoms with E-state index in [1.807, 2.05) is 0 Å². The van der Waals surface area contributed by atoms with Crippen molar-refractivity contribution in [2.45, 2.75) is 43.7 Å². The van der Waals surface area contributed by atoms with E-state index in [1.165, 1.54) is 5.57 Å². The van der Waals surface area contributed by atoms with Gasteiger partial charge in [-0.25, -0.2) is 0 Å². The minimum atomic E-state index is -0.598. The van der Waals surface area contributed by atoms with Crippen LogP contribution in [0.15, 0.2) is 24.8 Å². The zero-order chi connectivity index (χ0) is 13.7. The van der Waals surface area contributed by atoms with Gasteiger partial charge in [-0.15, -0.1) is 6.58 Å². The Morgan fingerprint density at radius 3 is 2.79 bits per heavy atom. The van der Waals surface area contributed by atoms with Crippen molar-refractivity contribution in [1.82, 2.24) is 0 Å². The molecule has 19 heavy (non-hydrogen) atoms. The normalized spacial score (nSPS) is 34.9. The van der Waals surface area contributed by atoms with Crippen molar-refractivity contribution in [3.63, 3.8) is 0 Å². The first-order valence-electron chi connectivity index (χ1n) is 6.87. The van der Waals surface area contributed by atoms with Gasteiger partial charge in [0.15, 0.2) is 5.79 Å². The van der Waals surface area contributed by atoms with Crippen molar-refractivity contribution in [3.05, 3.63) is 24.8 Å². The van der Waals surface area contributed by atoms with Crippen molar-refractivity contribution in [2.75, 3.05) is 26.9 Å². The molecule has 0 aliphatic carbocycles. The predicted octanol–water partition coefficient (Wildman–Crippen LogP) is 2.45. The fourth-order valence-corrected chi connectivity index (χ4v) is 2.64. The van der Waals surface area contributed by atoms with Crippen LogP contribution in [0.4, 0.5) is 0 Å². The summed E-state index contributed by atoms with van der Waals surface area (Å²) in [5.74, 6) is -0.598. The molecule has 2 fully saturated rings. The molecule has 2 aliphatic heterocycles. The third-order valence-corrected chi connectivity index (χ3v) is 3.76. The highest BCUT2D eigenvalue weighted by atomic mass is 16.7. The Labute approximate surface area is 115 Å². The molecule has 0 spiro atoms. The Hall–Kier alpha value is -0.680. The maximum atomic E-state index is 5.78. The quantitative estimate of drug-likeness (QED) is 0.525. The van der Waals surface area contributed by atoms with Gasteiger partial charge >= 0.3 is 0 Å². The van der Waals surface area contributed by atoms with Crippen LogP contribution in [0.2, 0.25) is 0 Å². The van der Waals surface area contributed by atoms with Crippen LogP contribution in [-0.4, -0.2) is 44.9 Å². The SMILES string of the molecule is C=CCO[C@]1(OC)COC(CCC2CC(=C)CO2)C1. The molecule has 0 radical (unpaired) electrons. The van der Waals surface area contributed by atoms with Crippen LogP contribution < -0.4 is 0 Å². The molecule has 0 saturated carbocycles. The van der Waals surface area contributed by atoms with Crippen LogP contribution in [0, 0.1) is 0 Å². The summed E-state index contributed by atoms with van der Waals surface area (Å²) in [6.07, 6.45) is 5.95. The average Bonchev–Trinajstić information content (AvgIpc) is 3.01. The number of ether oxygens (including phenoxy) is 4. The molecule has 2 saturated heterocycles. The highest BCUT2D eigenvalue weighted by Gasteiger charge is 2.41. The molecule has 2 heterocycles. The van der Waals surface area contributed by atoms with E-state index >= 15 is 0 Å². The Morgan fingerprint density at radius 2 is 2.16 bits per heavy atom. The number of rotatable bonds is 7. The lowest BCUT2D eigenvalue weighted by Crippen LogP contribution is -2.35. The van der Waals surface area contributed by atoms with Crippen molar-refractivity contribution in [3.8, 4) is 0 Å². The third kappa shape index (κ3) is 3.89. The van der Waals surface area contributed by atoms with Gasteiger partial charge in [0, 0.05) is 13.5 Å². The summed E-state index contributed by atoms with van der Waals surface area (Å²) in [6.45, 7) is 9.28. The maximum Gasteiger partial charge on any atom is 0.194 e. The Balaban J connectivity index is 1.74. The smallest absolute Gasteiger partial charge is 0.194 e. The highest BCUT2D eigenvalue weighted by Crippen LogP contribution is 2.32. The van der Waals surface area contributed by atoms with E-state index in [2.05, 4.69) is 13.2 Å². The molecule has 2 aliphatic rings. The lowest BCUT2D eigenvalue weighted by atomic mass is 10.0. The molecular formula is C15H24O4. The molecule has 0 aromatic carbocycles. The van der Waals surface area contributed by atoms with Crippen LogP contribution in [0.1, 0.15) is 25.7 Å². The topological polar surface area (TPSA) is 36.9 Å². The van der Waals surface area contributed by atoms with Gasteiger partial charge in [-0.3, -0.25) is 0 Å². The standard InChI is InChI=1S/C15H24O4/c1-4-7-19-15(16-3)9-14(18-11-15)6-5-13-8-12(2)10-17-13/h4,13-14H,1-2,5-11H2,3H3/t13?,14?,15-/m0/s1. The van der Waals surface area contributed by atoms with Crippen LogP contribution in [-0.2, 0) is 18.9 Å². The molecule has 0 N–H and O–H groups in total. The summed E-state index contributed by atoms with van der Waals surface area (Å²) >= 11 is 0. The van der Waals surface area contributed by atoms with E-state index < -0.39 is 5.79 Å². The Bertz CT molecular complexity index is 328. The van der Waals surface area contributed by atoms with Crippen molar-refractivity contribution >= 4 is 0 Å². The average molecular weight is 268 g/mol. The first-order valence-corrected chi connectivity index (χ1v) is 6.87. The number of hydrogen-bond acceptors (Lipinski definition) is 4. The van der Waals surface area contributed by atoms with E-state index in [0.29, 0.717) is 25.9 Å². The lowest BCUT2D eigenvalue weighted by Gasteiger charge is -2.25. The van der Waals surface area contributed by atoms with Crippen LogP contribution >= 0.6 is 0 Å². The van der Waals surface area contributed by atoms with E-state index in [0.717, 1.165) is 25.7 Å². The molecule has 108 valence electrons. The number of hydrogen-bond donors (Lipinski definition) is 0. The Morgan fingerprint density at radius 1 is 1.37 bits per heavy atom. The summed E-state index contributed by atoms with van der Waals surface area (Å²) < 4.78 is 22.6. The molecule has 2 rings (SSSR count). The van der Waals surface area contributed by atoms with Gasteiger partial charge in [0.25, 0.3) is 0 Å². The van der Waals surface area contributed by atoms with Gasteiger partial charge in [0.05, 0.1) is 25.4 Å². The first-order chi connectivity index (χ1) is 9.17. The van der Waals surface area contributed by atoms with E-state index in [1.54, 1.807) is 13.2 Å². The molecule has 0 aromatic rings. The van der Waals surface area contributed by atoms with E-state index in [-0.39, 0.29) is 6.10 Å². The fraction of sp³-hybridized carbons (Fsp3) is 0.733. The van der Waals surface area contributed by atoms with Gasteiger partial charge < -0.3 is 18.9 Å². The van der Waals surface area contributed by atoms with E-state index in [9.17, 15) is 0 Å². The van der Waals surface area contributed by atoms with Gasteiger partial charge in [-0.1, -0.05) is 12.7 Å². The number of methoxy groups -OCH3 is 1. The summed E-state index contributed by atoms with van der Waals surface area (Å²) in [6, 6.07) is 0. The molecule has 4 heteroatoms. The van der Waals surface area contributed by atoms with E-state index in [4.69, 9.17) is 18.9 Å². The minimum absolute atomic E-state index is 0.183. The van der Waals surface area contributed by atoms with Crippen molar-refractivity contribution in [1.29, 1.82) is 0 Å². The second-order valence-electron chi connectivity index (χ2n) is 5.32. The van der Waals surface area contributed by atoms with Crippen molar-refractivity contribution < 1.29 is 18.9 Å². The fourth-order valence-electron chi connectivity index (χ4n) is 2.64. The molecule has 0 amide bonds. The summed E-state index contributed by atoms with van der Waals surface area (Å²) in [7, 11) is 1.67. The highest BCUT2D eigenvalue weighted by molar-refractivity contribution is 5.01. The largest absolute Gasteiger partial charge is 0.374 e. The third-order valence-electron chi connectivity index (χ3n) is 3.76. The molecule has 2 unspecified atom stereocenters. The van der Waals surface area contributed by atoms with Crippen LogP contribution in [0.3, 0.4) is 0 Å². The zero-order valence-electron chi connectivity index (χ0n) is 11.7. The van der Waals surface area contributed by atoms with Gasteiger partial charge in [0.1, 0.15) is 6.61 Å². The second-order valence-corrected chi connectivity index (χ2v) is 5.32. The van der Waals surface area contributed by atoms with Crippen LogP contribution in [0.5, 0.6) is 0 Å². The first kappa shape index (κ1) is 14.7. The monoisotopic (exact) mass is 268 g/mol. The second kappa shape index (κ2) is 6.66. The van der Waals surface area contributed by atoms with Gasteiger partial charge in [0.2, 0.25) is 0 Å². The van der Waals surface area contributed by atoms with Gasteiger partial charge in [-0.05, 0) is 24.8 Å². The Kier molecular flexibility index (Phi) is 5.16. The molecule has 0 aromatic heterocycles. The maximum absolute atomic E-state index is 5.78. The molecule has 4 nitrogen and oxygen atoms in total. The van der Waals surface area contributed by atoms with Gasteiger partial charge in [-0.2, -0.15) is 0 Å². The molecule has 0 bridgehead atoms. The molecular weight excluding hydrogens is 244 g/mol. The lowest BCUT2D eigenvalue weighted by molar-refractivity contribution is -0.212. The van der Waals surface area contributed by atoms with Crippen LogP contribution in [0.25, 0.3) is 0 Å². The minimum Gasteiger partial charge on any atom is -0.374 e. The summed E-state index contributed by atoms with van der Waals surface area (Å²) in [4.78, 5) is 0.